The van der Waals surface area contributed by atoms with Gasteiger partial charge in [-0.15, -0.1) is 0 Å². The molecule has 3 rings (SSSR count). The van der Waals surface area contributed by atoms with Crippen molar-refractivity contribution in [2.75, 3.05) is 11.9 Å². The average Bonchev–Trinajstić information content (AvgIpc) is 2.78. The Labute approximate surface area is 211 Å². The second kappa shape index (κ2) is 11.3. The van der Waals surface area contributed by atoms with Crippen LogP contribution >= 0.6 is 34.2 Å². The predicted octanol–water partition coefficient (Wildman–Crippen LogP) is 6.93. The molecule has 3 aromatic rings. The number of anilines is 1. The topological polar surface area (TPSA) is 62.1 Å². The molecule has 4 nitrogen and oxygen atoms in total. The van der Waals surface area contributed by atoms with Crippen molar-refractivity contribution in [3.05, 3.63) is 96.8 Å². The van der Waals surface area contributed by atoms with Crippen molar-refractivity contribution >= 4 is 51.9 Å². The average molecular weight is 575 g/mol. The molecule has 0 aliphatic rings. The molecule has 0 spiro atoms. The molecule has 0 aromatic heterocycles. The van der Waals surface area contributed by atoms with E-state index in [0.29, 0.717) is 40.6 Å². The molecule has 0 aliphatic carbocycles. The smallest absolute Gasteiger partial charge is 0.266 e. The van der Waals surface area contributed by atoms with E-state index in [1.165, 1.54) is 12.1 Å². The standard InChI is InChI=1S/C26H21ClFIN2O2/c1-3-33-25-12-17(11-23(29)21(25)13-18-6-4-5-7-22(18)28)10-19(15-30)26(32)31-24-14-20(27)9-8-16(24)2/h4-12,14H,3,13H2,1-2H3,(H,31,32)/b19-10+. The summed E-state index contributed by atoms with van der Waals surface area (Å²) in [6, 6.07) is 17.3. The summed E-state index contributed by atoms with van der Waals surface area (Å²) in [5, 5.41) is 12.8. The van der Waals surface area contributed by atoms with Gasteiger partial charge in [0.2, 0.25) is 0 Å². The van der Waals surface area contributed by atoms with Gasteiger partial charge >= 0.3 is 0 Å². The minimum atomic E-state index is -0.536. The Morgan fingerprint density at radius 2 is 2.00 bits per heavy atom. The summed E-state index contributed by atoms with van der Waals surface area (Å²) < 4.78 is 20.9. The number of ether oxygens (including phenoxy) is 1. The highest BCUT2D eigenvalue weighted by Gasteiger charge is 2.15. The Balaban J connectivity index is 1.94. The number of nitrogens with zero attached hydrogens (tertiary/aromatic N) is 1. The zero-order valence-electron chi connectivity index (χ0n) is 18.1. The molecule has 0 saturated heterocycles. The van der Waals surface area contributed by atoms with E-state index in [0.717, 1.165) is 14.7 Å². The summed E-state index contributed by atoms with van der Waals surface area (Å²) in [6.45, 7) is 4.13. The van der Waals surface area contributed by atoms with Gasteiger partial charge in [-0.2, -0.15) is 5.26 Å². The molecule has 168 valence electrons. The molecule has 0 radical (unpaired) electrons. The first-order valence-electron chi connectivity index (χ1n) is 10.2. The monoisotopic (exact) mass is 574 g/mol. The Morgan fingerprint density at radius 3 is 2.70 bits per heavy atom. The van der Waals surface area contributed by atoms with Crippen molar-refractivity contribution < 1.29 is 13.9 Å². The molecule has 0 bridgehead atoms. The third kappa shape index (κ3) is 6.34. The molecule has 3 aromatic carbocycles. The molecule has 1 N–H and O–H groups in total. The van der Waals surface area contributed by atoms with E-state index in [4.69, 9.17) is 16.3 Å². The Hall–Kier alpha value is -2.89. The highest BCUT2D eigenvalue weighted by atomic mass is 127. The van der Waals surface area contributed by atoms with Crippen LogP contribution in [-0.4, -0.2) is 12.5 Å². The molecule has 0 atom stereocenters. The maximum Gasteiger partial charge on any atom is 0.266 e. The van der Waals surface area contributed by atoms with Crippen LogP contribution in [0, 0.1) is 27.6 Å². The van der Waals surface area contributed by atoms with Crippen molar-refractivity contribution in [2.24, 2.45) is 0 Å². The van der Waals surface area contributed by atoms with Gasteiger partial charge in [0.05, 0.1) is 6.61 Å². The molecule has 0 fully saturated rings. The molecule has 1 amide bonds. The molecule has 0 aliphatic heterocycles. The number of nitrogens with one attached hydrogen (secondary N) is 1. The number of nitriles is 1. The van der Waals surface area contributed by atoms with Crippen LogP contribution in [-0.2, 0) is 11.2 Å². The van der Waals surface area contributed by atoms with Crippen molar-refractivity contribution in [1.29, 1.82) is 5.26 Å². The van der Waals surface area contributed by atoms with Gasteiger partial charge in [0.25, 0.3) is 5.91 Å². The van der Waals surface area contributed by atoms with Crippen molar-refractivity contribution in [2.45, 2.75) is 20.3 Å². The van der Waals surface area contributed by atoms with Crippen LogP contribution in [0.1, 0.15) is 29.2 Å². The fourth-order valence-corrected chi connectivity index (χ4v) is 4.22. The van der Waals surface area contributed by atoms with Crippen LogP contribution in [0.4, 0.5) is 10.1 Å². The Morgan fingerprint density at radius 1 is 1.24 bits per heavy atom. The molecule has 0 unspecified atom stereocenters. The highest BCUT2D eigenvalue weighted by molar-refractivity contribution is 14.1. The van der Waals surface area contributed by atoms with Gasteiger partial charge in [-0.1, -0.05) is 35.9 Å². The summed E-state index contributed by atoms with van der Waals surface area (Å²) in [6.07, 6.45) is 1.87. The minimum Gasteiger partial charge on any atom is -0.494 e. The first-order chi connectivity index (χ1) is 15.8. The van der Waals surface area contributed by atoms with E-state index < -0.39 is 5.91 Å². The number of rotatable bonds is 7. The van der Waals surface area contributed by atoms with Crippen molar-refractivity contribution in [3.8, 4) is 11.8 Å². The van der Waals surface area contributed by atoms with Crippen LogP contribution in [0.5, 0.6) is 5.75 Å². The Kier molecular flexibility index (Phi) is 8.48. The summed E-state index contributed by atoms with van der Waals surface area (Å²) in [4.78, 5) is 12.7. The fraction of sp³-hybridized carbons (Fsp3) is 0.154. The number of carbonyl (C=O) groups excluding carboxylic acids is 1. The van der Waals surface area contributed by atoms with Gasteiger partial charge in [0.1, 0.15) is 23.2 Å². The summed E-state index contributed by atoms with van der Waals surface area (Å²) >= 11 is 8.18. The first-order valence-corrected chi connectivity index (χ1v) is 11.7. The third-order valence-electron chi connectivity index (χ3n) is 4.93. The van der Waals surface area contributed by atoms with Gasteiger partial charge in [-0.3, -0.25) is 4.79 Å². The van der Waals surface area contributed by atoms with E-state index in [1.54, 1.807) is 42.5 Å². The van der Waals surface area contributed by atoms with Crippen LogP contribution in [0.3, 0.4) is 0 Å². The summed E-state index contributed by atoms with van der Waals surface area (Å²) in [5.74, 6) is -0.229. The van der Waals surface area contributed by atoms with Gasteiger partial charge in [-0.25, -0.2) is 4.39 Å². The number of aryl methyl sites for hydroxylation is 1. The third-order valence-corrected chi connectivity index (χ3v) is 6.12. The predicted molar refractivity (Wildman–Crippen MR) is 138 cm³/mol. The summed E-state index contributed by atoms with van der Waals surface area (Å²) in [7, 11) is 0. The van der Waals surface area contributed by atoms with Gasteiger partial charge in [0, 0.05) is 26.3 Å². The summed E-state index contributed by atoms with van der Waals surface area (Å²) in [5.41, 5.74) is 3.35. The quantitative estimate of drug-likeness (QED) is 0.189. The maximum atomic E-state index is 14.2. The minimum absolute atomic E-state index is 0.0607. The molecule has 33 heavy (non-hydrogen) atoms. The lowest BCUT2D eigenvalue weighted by atomic mass is 10.0. The fourth-order valence-electron chi connectivity index (χ4n) is 3.24. The number of halogens is 3. The maximum absolute atomic E-state index is 14.2. The normalized spacial score (nSPS) is 11.1. The second-order valence-corrected chi connectivity index (χ2v) is 8.86. The largest absolute Gasteiger partial charge is 0.494 e. The second-order valence-electron chi connectivity index (χ2n) is 7.26. The zero-order chi connectivity index (χ0) is 24.0. The van der Waals surface area contributed by atoms with Crippen LogP contribution in [0.2, 0.25) is 5.02 Å². The zero-order valence-corrected chi connectivity index (χ0v) is 21.0. The van der Waals surface area contributed by atoms with E-state index >= 15 is 0 Å². The van der Waals surface area contributed by atoms with E-state index in [1.807, 2.05) is 26.0 Å². The van der Waals surface area contributed by atoms with Gasteiger partial charge in [-0.05, 0) is 89.5 Å². The van der Waals surface area contributed by atoms with Gasteiger partial charge in [0.15, 0.2) is 0 Å². The SMILES string of the molecule is CCOc1cc(/C=C(\C#N)C(=O)Nc2cc(Cl)ccc2C)cc(I)c1Cc1ccccc1F. The molecular weight excluding hydrogens is 554 g/mol. The van der Waals surface area contributed by atoms with E-state index in [9.17, 15) is 14.4 Å². The lowest BCUT2D eigenvalue weighted by Crippen LogP contribution is -2.14. The molecule has 0 saturated carbocycles. The van der Waals surface area contributed by atoms with Gasteiger partial charge < -0.3 is 10.1 Å². The van der Waals surface area contributed by atoms with E-state index in [-0.39, 0.29) is 11.4 Å². The van der Waals surface area contributed by atoms with Crippen molar-refractivity contribution in [3.63, 3.8) is 0 Å². The van der Waals surface area contributed by atoms with Crippen LogP contribution < -0.4 is 10.1 Å². The van der Waals surface area contributed by atoms with Crippen molar-refractivity contribution in [1.82, 2.24) is 0 Å². The van der Waals surface area contributed by atoms with Crippen LogP contribution in [0.25, 0.3) is 6.08 Å². The Bertz CT molecular complexity index is 1270. The highest BCUT2D eigenvalue weighted by Crippen LogP contribution is 2.31. The number of hydrogen-bond acceptors (Lipinski definition) is 3. The van der Waals surface area contributed by atoms with E-state index in [2.05, 4.69) is 27.9 Å². The lowest BCUT2D eigenvalue weighted by molar-refractivity contribution is -0.112. The molecule has 0 heterocycles. The number of carbonyl (C=O) groups is 1. The lowest BCUT2D eigenvalue weighted by Gasteiger charge is -2.14. The number of benzene rings is 3. The molecule has 7 heteroatoms. The van der Waals surface area contributed by atoms with Crippen LogP contribution in [0.15, 0.2) is 60.2 Å². The number of amides is 1. The molecular formula is C26H21ClFIN2O2. The first kappa shape index (κ1) is 24.7. The number of hydrogen-bond donors (Lipinski definition) is 1.